The lowest BCUT2D eigenvalue weighted by Crippen LogP contribution is -2.29. The predicted octanol–water partition coefficient (Wildman–Crippen LogP) is 3.48. The molecule has 0 saturated heterocycles. The van der Waals surface area contributed by atoms with Crippen LogP contribution in [0.5, 0.6) is 5.75 Å². The molecule has 0 fully saturated rings. The maximum atomic E-state index is 11.0. The molecule has 0 bridgehead atoms. The van der Waals surface area contributed by atoms with Gasteiger partial charge in [-0.1, -0.05) is 19.9 Å². The molecule has 0 amide bonds. The van der Waals surface area contributed by atoms with Gasteiger partial charge in [0.05, 0.1) is 11.0 Å². The third-order valence-electron chi connectivity index (χ3n) is 3.48. The maximum absolute atomic E-state index is 11.0. The third-order valence-corrected chi connectivity index (χ3v) is 3.48. The van der Waals surface area contributed by atoms with Gasteiger partial charge < -0.3 is 10.1 Å². The van der Waals surface area contributed by atoms with Crippen LogP contribution in [-0.4, -0.2) is 24.1 Å². The van der Waals surface area contributed by atoms with Crippen molar-refractivity contribution in [2.75, 3.05) is 7.05 Å². The summed E-state index contributed by atoms with van der Waals surface area (Å²) in [5.74, 6) is 0.612. The van der Waals surface area contributed by atoms with Gasteiger partial charge in [0.15, 0.2) is 5.75 Å². The topological polar surface area (TPSA) is 64.4 Å². The molecule has 5 nitrogen and oxygen atoms in total. The van der Waals surface area contributed by atoms with E-state index in [-0.39, 0.29) is 17.7 Å². The lowest BCUT2D eigenvalue weighted by atomic mass is 9.91. The predicted molar refractivity (Wildman–Crippen MR) is 80.4 cm³/mol. The van der Waals surface area contributed by atoms with Crippen LogP contribution in [0, 0.1) is 10.1 Å². The molecule has 20 heavy (non-hydrogen) atoms. The van der Waals surface area contributed by atoms with E-state index in [0.29, 0.717) is 11.8 Å². The fourth-order valence-corrected chi connectivity index (χ4v) is 2.35. The van der Waals surface area contributed by atoms with Crippen LogP contribution in [0.1, 0.15) is 45.6 Å². The highest BCUT2D eigenvalue weighted by molar-refractivity contribution is 5.49. The van der Waals surface area contributed by atoms with Gasteiger partial charge in [-0.05, 0) is 44.9 Å². The lowest BCUT2D eigenvalue weighted by molar-refractivity contribution is -0.386. The van der Waals surface area contributed by atoms with Crippen LogP contribution in [-0.2, 0) is 0 Å². The molecule has 1 rings (SSSR count). The minimum atomic E-state index is -0.401. The number of nitrogens with zero attached hydrogens (tertiary/aromatic N) is 1. The van der Waals surface area contributed by atoms with Crippen LogP contribution >= 0.6 is 0 Å². The Kier molecular flexibility index (Phi) is 5.95. The molecule has 0 saturated carbocycles. The average Bonchev–Trinajstić information content (AvgIpc) is 2.38. The van der Waals surface area contributed by atoms with Gasteiger partial charge in [0.2, 0.25) is 0 Å². The Morgan fingerprint density at radius 2 is 2.00 bits per heavy atom. The van der Waals surface area contributed by atoms with Gasteiger partial charge in [0.25, 0.3) is 0 Å². The summed E-state index contributed by atoms with van der Waals surface area (Å²) in [4.78, 5) is 10.6. The Labute approximate surface area is 120 Å². The molecule has 1 aromatic rings. The summed E-state index contributed by atoms with van der Waals surface area (Å²) in [6.07, 6.45) is 0.903. The summed E-state index contributed by atoms with van der Waals surface area (Å²) in [5, 5.41) is 14.3. The van der Waals surface area contributed by atoms with Gasteiger partial charge in [0, 0.05) is 12.1 Å². The highest BCUT2D eigenvalue weighted by Gasteiger charge is 2.21. The van der Waals surface area contributed by atoms with Crippen molar-refractivity contribution in [1.82, 2.24) is 5.32 Å². The molecule has 1 N–H and O–H groups in total. The Morgan fingerprint density at radius 3 is 2.45 bits per heavy atom. The smallest absolute Gasteiger partial charge is 0.310 e. The van der Waals surface area contributed by atoms with E-state index in [1.807, 2.05) is 27.0 Å². The van der Waals surface area contributed by atoms with E-state index >= 15 is 0 Å². The van der Waals surface area contributed by atoms with Crippen LogP contribution < -0.4 is 10.1 Å². The number of likely N-dealkylation sites (N-methyl/N-ethyl adjacent to an activating group) is 1. The summed E-state index contributed by atoms with van der Waals surface area (Å²) < 4.78 is 5.58. The van der Waals surface area contributed by atoms with Gasteiger partial charge in [-0.2, -0.15) is 0 Å². The maximum Gasteiger partial charge on any atom is 0.310 e. The minimum Gasteiger partial charge on any atom is -0.484 e. The van der Waals surface area contributed by atoms with Crippen LogP contribution in [0.15, 0.2) is 18.2 Å². The molecule has 5 heteroatoms. The Balaban J connectivity index is 3.14. The zero-order valence-electron chi connectivity index (χ0n) is 12.8. The van der Waals surface area contributed by atoms with Crippen LogP contribution in [0.3, 0.4) is 0 Å². The third kappa shape index (κ3) is 3.93. The number of benzene rings is 1. The molecule has 2 unspecified atom stereocenters. The van der Waals surface area contributed by atoms with E-state index in [1.54, 1.807) is 6.07 Å². The van der Waals surface area contributed by atoms with Gasteiger partial charge in [-0.25, -0.2) is 0 Å². The standard InChI is InChI=1S/C15H24N2O3/c1-6-13(16-5)11(4)12-7-8-14(17(18)19)15(9-12)20-10(2)3/h7-11,13,16H,6H2,1-5H3. The highest BCUT2D eigenvalue weighted by atomic mass is 16.6. The second kappa shape index (κ2) is 7.24. The molecular weight excluding hydrogens is 256 g/mol. The quantitative estimate of drug-likeness (QED) is 0.613. The monoisotopic (exact) mass is 280 g/mol. The van der Waals surface area contributed by atoms with Gasteiger partial charge in [-0.3, -0.25) is 10.1 Å². The summed E-state index contributed by atoms with van der Waals surface area (Å²) in [6.45, 7) is 7.96. The first kappa shape index (κ1) is 16.4. The average molecular weight is 280 g/mol. The molecule has 0 aromatic heterocycles. The number of nitro benzene ring substituents is 1. The highest BCUT2D eigenvalue weighted by Crippen LogP contribution is 2.32. The van der Waals surface area contributed by atoms with E-state index in [1.165, 1.54) is 6.07 Å². The Hall–Kier alpha value is -1.62. The first-order valence-electron chi connectivity index (χ1n) is 7.02. The van der Waals surface area contributed by atoms with E-state index in [2.05, 4.69) is 19.2 Å². The molecule has 0 heterocycles. The molecule has 0 radical (unpaired) electrons. The van der Waals surface area contributed by atoms with Gasteiger partial charge in [-0.15, -0.1) is 0 Å². The van der Waals surface area contributed by atoms with Crippen LogP contribution in [0.2, 0.25) is 0 Å². The van der Waals surface area contributed by atoms with Crippen molar-refractivity contribution in [3.63, 3.8) is 0 Å². The van der Waals surface area contributed by atoms with Crippen molar-refractivity contribution in [3.8, 4) is 5.75 Å². The van der Waals surface area contributed by atoms with Crippen LogP contribution in [0.25, 0.3) is 0 Å². The summed E-state index contributed by atoms with van der Waals surface area (Å²) in [6, 6.07) is 5.48. The van der Waals surface area contributed by atoms with E-state index < -0.39 is 4.92 Å². The fraction of sp³-hybridized carbons (Fsp3) is 0.600. The van der Waals surface area contributed by atoms with Crippen molar-refractivity contribution in [2.45, 2.75) is 52.2 Å². The lowest BCUT2D eigenvalue weighted by Gasteiger charge is -2.23. The van der Waals surface area contributed by atoms with Crippen molar-refractivity contribution < 1.29 is 9.66 Å². The molecule has 0 aliphatic heterocycles. The second-order valence-corrected chi connectivity index (χ2v) is 5.24. The zero-order chi connectivity index (χ0) is 15.3. The van der Waals surface area contributed by atoms with E-state index in [9.17, 15) is 10.1 Å². The number of nitrogens with one attached hydrogen (secondary N) is 1. The first-order valence-corrected chi connectivity index (χ1v) is 7.02. The molecule has 0 spiro atoms. The molecule has 2 atom stereocenters. The van der Waals surface area contributed by atoms with Gasteiger partial charge in [0.1, 0.15) is 0 Å². The molecule has 1 aromatic carbocycles. The second-order valence-electron chi connectivity index (χ2n) is 5.24. The number of ether oxygens (including phenoxy) is 1. The SMILES string of the molecule is CCC(NC)C(C)c1ccc([N+](=O)[O-])c(OC(C)C)c1. The van der Waals surface area contributed by atoms with Crippen molar-refractivity contribution in [1.29, 1.82) is 0 Å². The minimum absolute atomic E-state index is 0.0205. The van der Waals surface area contributed by atoms with Crippen molar-refractivity contribution in [3.05, 3.63) is 33.9 Å². The summed E-state index contributed by atoms with van der Waals surface area (Å²) in [5.41, 5.74) is 1.07. The largest absolute Gasteiger partial charge is 0.484 e. The Bertz CT molecular complexity index is 456. The first-order chi connectivity index (χ1) is 9.40. The number of hydrogen-bond acceptors (Lipinski definition) is 4. The normalized spacial score (nSPS) is 14.1. The van der Waals surface area contributed by atoms with Gasteiger partial charge >= 0.3 is 5.69 Å². The van der Waals surface area contributed by atoms with E-state index in [0.717, 1.165) is 12.0 Å². The number of nitro groups is 1. The van der Waals surface area contributed by atoms with Crippen LogP contribution in [0.4, 0.5) is 5.69 Å². The summed E-state index contributed by atoms with van der Waals surface area (Å²) >= 11 is 0. The van der Waals surface area contributed by atoms with Crippen molar-refractivity contribution >= 4 is 5.69 Å². The van der Waals surface area contributed by atoms with E-state index in [4.69, 9.17) is 4.74 Å². The van der Waals surface area contributed by atoms with Crippen molar-refractivity contribution in [2.24, 2.45) is 0 Å². The Morgan fingerprint density at radius 1 is 1.35 bits per heavy atom. The molecule has 0 aliphatic rings. The fourth-order valence-electron chi connectivity index (χ4n) is 2.35. The summed E-state index contributed by atoms with van der Waals surface area (Å²) in [7, 11) is 1.93. The molecule has 0 aliphatic carbocycles. The number of hydrogen-bond donors (Lipinski definition) is 1. The zero-order valence-corrected chi connectivity index (χ0v) is 12.8. The molecule has 112 valence electrons. The number of rotatable bonds is 7. The molecular formula is C15H24N2O3.